The Morgan fingerprint density at radius 3 is 2.89 bits per heavy atom. The lowest BCUT2D eigenvalue weighted by Gasteiger charge is -2.28. The van der Waals surface area contributed by atoms with Gasteiger partial charge in [0.2, 0.25) is 5.78 Å². The quantitative estimate of drug-likeness (QED) is 0.692. The number of rotatable bonds is 1. The number of nitrogens with zero attached hydrogens (tertiary/aromatic N) is 5. The maximum Gasteiger partial charge on any atom is 0.238 e. The topological polar surface area (TPSA) is 58.4 Å². The van der Waals surface area contributed by atoms with Crippen LogP contribution < -0.4 is 10.2 Å². The summed E-state index contributed by atoms with van der Waals surface area (Å²) >= 11 is 0. The SMILES string of the molecule is c1cnc2nc3nc(N4CCNCC4)ccn3c2c1. The van der Waals surface area contributed by atoms with Crippen molar-refractivity contribution in [3.8, 4) is 0 Å². The summed E-state index contributed by atoms with van der Waals surface area (Å²) in [6, 6.07) is 5.97. The van der Waals surface area contributed by atoms with Crippen molar-refractivity contribution in [2.24, 2.45) is 0 Å². The van der Waals surface area contributed by atoms with Crippen molar-refractivity contribution < 1.29 is 0 Å². The molecule has 1 saturated heterocycles. The van der Waals surface area contributed by atoms with Gasteiger partial charge in [-0.15, -0.1) is 0 Å². The van der Waals surface area contributed by atoms with Gasteiger partial charge in [-0.2, -0.15) is 9.97 Å². The number of fused-ring (bicyclic) bond motifs is 3. The van der Waals surface area contributed by atoms with Gasteiger partial charge in [0, 0.05) is 38.6 Å². The first-order valence-corrected chi connectivity index (χ1v) is 6.47. The molecule has 0 radical (unpaired) electrons. The van der Waals surface area contributed by atoms with Crippen molar-refractivity contribution >= 4 is 22.8 Å². The summed E-state index contributed by atoms with van der Waals surface area (Å²) in [5.41, 5.74) is 1.74. The summed E-state index contributed by atoms with van der Waals surface area (Å²) < 4.78 is 1.98. The van der Waals surface area contributed by atoms with Gasteiger partial charge in [-0.3, -0.25) is 4.40 Å². The number of nitrogens with one attached hydrogen (secondary N) is 1. The highest BCUT2D eigenvalue weighted by Crippen LogP contribution is 2.17. The number of aromatic nitrogens is 4. The predicted molar refractivity (Wildman–Crippen MR) is 73.4 cm³/mol. The third-order valence-electron chi connectivity index (χ3n) is 3.48. The Balaban J connectivity index is 1.84. The van der Waals surface area contributed by atoms with E-state index in [2.05, 4.69) is 25.2 Å². The number of pyridine rings is 1. The van der Waals surface area contributed by atoms with Gasteiger partial charge in [-0.05, 0) is 18.2 Å². The van der Waals surface area contributed by atoms with Gasteiger partial charge in [0.1, 0.15) is 5.82 Å². The van der Waals surface area contributed by atoms with Crippen LogP contribution in [0.1, 0.15) is 0 Å². The molecule has 0 saturated carbocycles. The average Bonchev–Trinajstić information content (AvgIpc) is 2.86. The Labute approximate surface area is 110 Å². The van der Waals surface area contributed by atoms with Crippen molar-refractivity contribution in [2.75, 3.05) is 31.1 Å². The van der Waals surface area contributed by atoms with Gasteiger partial charge >= 0.3 is 0 Å². The summed E-state index contributed by atoms with van der Waals surface area (Å²) in [7, 11) is 0. The second-order valence-electron chi connectivity index (χ2n) is 4.65. The van der Waals surface area contributed by atoms with Crippen molar-refractivity contribution in [1.29, 1.82) is 0 Å². The zero-order chi connectivity index (χ0) is 12.7. The highest BCUT2D eigenvalue weighted by Gasteiger charge is 2.13. The second-order valence-corrected chi connectivity index (χ2v) is 4.65. The van der Waals surface area contributed by atoms with Gasteiger partial charge in [0.05, 0.1) is 5.52 Å². The second kappa shape index (κ2) is 4.17. The minimum atomic E-state index is 0.713. The van der Waals surface area contributed by atoms with E-state index >= 15 is 0 Å². The molecule has 6 heteroatoms. The van der Waals surface area contributed by atoms with Crippen LogP contribution in [-0.4, -0.2) is 45.5 Å². The fraction of sp³-hybridized carbons (Fsp3) is 0.308. The van der Waals surface area contributed by atoms with E-state index in [-0.39, 0.29) is 0 Å². The van der Waals surface area contributed by atoms with E-state index in [0.29, 0.717) is 5.78 Å². The highest BCUT2D eigenvalue weighted by molar-refractivity contribution is 5.75. The Morgan fingerprint density at radius 1 is 1.11 bits per heavy atom. The average molecular weight is 254 g/mol. The largest absolute Gasteiger partial charge is 0.354 e. The number of hydrogen-bond acceptors (Lipinski definition) is 5. The van der Waals surface area contributed by atoms with Crippen LogP contribution >= 0.6 is 0 Å². The molecule has 1 aliphatic heterocycles. The molecule has 0 amide bonds. The van der Waals surface area contributed by atoms with Crippen LogP contribution in [0.15, 0.2) is 30.6 Å². The van der Waals surface area contributed by atoms with Crippen LogP contribution in [0.2, 0.25) is 0 Å². The van der Waals surface area contributed by atoms with Gasteiger partial charge < -0.3 is 10.2 Å². The molecule has 4 rings (SSSR count). The lowest BCUT2D eigenvalue weighted by molar-refractivity contribution is 0.585. The van der Waals surface area contributed by atoms with E-state index in [0.717, 1.165) is 43.2 Å². The fourth-order valence-electron chi connectivity index (χ4n) is 2.50. The molecule has 0 aliphatic carbocycles. The van der Waals surface area contributed by atoms with Crippen LogP contribution in [0.25, 0.3) is 16.9 Å². The first kappa shape index (κ1) is 10.7. The van der Waals surface area contributed by atoms with E-state index < -0.39 is 0 Å². The lowest BCUT2D eigenvalue weighted by atomic mass is 10.3. The lowest BCUT2D eigenvalue weighted by Crippen LogP contribution is -2.43. The molecule has 96 valence electrons. The molecular formula is C13H14N6. The van der Waals surface area contributed by atoms with Crippen LogP contribution in [0.3, 0.4) is 0 Å². The standard InChI is InChI=1S/C13H14N6/c1-2-10-12(15-4-1)17-13-16-11(3-7-19(10)13)18-8-5-14-6-9-18/h1-4,7,14H,5-6,8-9H2. The monoisotopic (exact) mass is 254 g/mol. The number of hydrogen-bond donors (Lipinski definition) is 1. The summed E-state index contributed by atoms with van der Waals surface area (Å²) in [4.78, 5) is 15.7. The molecule has 0 unspecified atom stereocenters. The smallest absolute Gasteiger partial charge is 0.238 e. The van der Waals surface area contributed by atoms with E-state index in [1.807, 2.05) is 28.8 Å². The molecule has 1 aliphatic rings. The first-order chi connectivity index (χ1) is 9.42. The summed E-state index contributed by atoms with van der Waals surface area (Å²) in [6.45, 7) is 3.99. The minimum absolute atomic E-state index is 0.713. The number of imidazole rings is 1. The van der Waals surface area contributed by atoms with Crippen molar-refractivity contribution in [3.05, 3.63) is 30.6 Å². The Kier molecular flexibility index (Phi) is 2.34. The van der Waals surface area contributed by atoms with Crippen molar-refractivity contribution in [3.63, 3.8) is 0 Å². The number of anilines is 1. The van der Waals surface area contributed by atoms with Gasteiger partial charge in [-0.1, -0.05) is 0 Å². The van der Waals surface area contributed by atoms with E-state index in [1.165, 1.54) is 0 Å². The predicted octanol–water partition coefficient (Wildman–Crippen LogP) is 0.687. The van der Waals surface area contributed by atoms with Gasteiger partial charge in [0.25, 0.3) is 0 Å². The Bertz CT molecular complexity index is 728. The Morgan fingerprint density at radius 2 is 2.00 bits per heavy atom. The molecule has 6 nitrogen and oxygen atoms in total. The molecule has 1 fully saturated rings. The molecule has 0 aromatic carbocycles. The van der Waals surface area contributed by atoms with Crippen LogP contribution in [-0.2, 0) is 0 Å². The number of piperazine rings is 1. The van der Waals surface area contributed by atoms with Crippen LogP contribution in [0.4, 0.5) is 5.82 Å². The molecule has 3 aromatic heterocycles. The van der Waals surface area contributed by atoms with Crippen molar-refractivity contribution in [2.45, 2.75) is 0 Å². The highest BCUT2D eigenvalue weighted by atomic mass is 15.3. The molecule has 4 heterocycles. The van der Waals surface area contributed by atoms with E-state index in [4.69, 9.17) is 0 Å². The minimum Gasteiger partial charge on any atom is -0.354 e. The zero-order valence-electron chi connectivity index (χ0n) is 10.5. The molecule has 0 bridgehead atoms. The zero-order valence-corrected chi connectivity index (χ0v) is 10.5. The normalized spacial score (nSPS) is 16.3. The van der Waals surface area contributed by atoms with Gasteiger partial charge in [0.15, 0.2) is 5.65 Å². The first-order valence-electron chi connectivity index (χ1n) is 6.47. The summed E-state index contributed by atoms with van der Waals surface area (Å²) in [5, 5.41) is 3.34. The molecule has 1 N–H and O–H groups in total. The maximum atomic E-state index is 4.65. The molecule has 19 heavy (non-hydrogen) atoms. The fourth-order valence-corrected chi connectivity index (χ4v) is 2.50. The van der Waals surface area contributed by atoms with Gasteiger partial charge in [-0.25, -0.2) is 4.98 Å². The third-order valence-corrected chi connectivity index (χ3v) is 3.48. The Hall–Kier alpha value is -2.21. The third kappa shape index (κ3) is 1.72. The summed E-state index contributed by atoms with van der Waals surface area (Å²) in [5.74, 6) is 1.70. The molecule has 3 aromatic rings. The molecular weight excluding hydrogens is 240 g/mol. The summed E-state index contributed by atoms with van der Waals surface area (Å²) in [6.07, 6.45) is 3.78. The molecule has 0 spiro atoms. The van der Waals surface area contributed by atoms with Crippen LogP contribution in [0, 0.1) is 0 Å². The maximum absolute atomic E-state index is 4.65. The molecule has 0 atom stereocenters. The van der Waals surface area contributed by atoms with Crippen molar-refractivity contribution in [1.82, 2.24) is 24.7 Å². The van der Waals surface area contributed by atoms with E-state index in [1.54, 1.807) is 6.20 Å². The van der Waals surface area contributed by atoms with Crippen LogP contribution in [0.5, 0.6) is 0 Å². The van der Waals surface area contributed by atoms with E-state index in [9.17, 15) is 0 Å².